The molecule has 8 heteroatoms. The molecule has 0 aliphatic carbocycles. The van der Waals surface area contributed by atoms with Gasteiger partial charge in [0.25, 0.3) is 5.56 Å². The molecule has 2 aromatic rings. The van der Waals surface area contributed by atoms with Gasteiger partial charge in [0.1, 0.15) is 0 Å². The Morgan fingerprint density at radius 2 is 2.00 bits per heavy atom. The standard InChI is InChI=1S/C18H20N4O4/c1-21-14-5-3-2-4-13(14)12(10-17(21)25)11-19-15(23)6-8-22-9-7-16(24)20-18(22)26/h2-5,7,9,12H,6,8,10-11H2,1H3,(H,19,23)(H,20,24,26). The molecule has 8 nitrogen and oxygen atoms in total. The minimum absolute atomic E-state index is 0.0164. The minimum atomic E-state index is -0.542. The van der Waals surface area contributed by atoms with E-state index < -0.39 is 11.2 Å². The first kappa shape index (κ1) is 17.7. The van der Waals surface area contributed by atoms with E-state index >= 15 is 0 Å². The fraction of sp³-hybridized carbons (Fsp3) is 0.333. The SMILES string of the molecule is CN1C(=O)CC(CNC(=O)CCn2ccc(=O)[nH]c2=O)c2ccccc21. The number of anilines is 1. The maximum absolute atomic E-state index is 12.1. The smallest absolute Gasteiger partial charge is 0.328 e. The first-order chi connectivity index (χ1) is 12.5. The molecule has 1 aromatic heterocycles. The summed E-state index contributed by atoms with van der Waals surface area (Å²) in [5.41, 5.74) is 0.885. The lowest BCUT2D eigenvalue weighted by Crippen LogP contribution is -2.38. The molecule has 0 saturated heterocycles. The van der Waals surface area contributed by atoms with Gasteiger partial charge in [-0.1, -0.05) is 18.2 Å². The topological polar surface area (TPSA) is 104 Å². The Morgan fingerprint density at radius 1 is 1.23 bits per heavy atom. The number of amides is 2. The maximum atomic E-state index is 12.1. The van der Waals surface area contributed by atoms with E-state index in [1.807, 2.05) is 24.3 Å². The third kappa shape index (κ3) is 3.74. The number of para-hydroxylation sites is 1. The zero-order chi connectivity index (χ0) is 18.7. The van der Waals surface area contributed by atoms with Gasteiger partial charge in [0.05, 0.1) is 0 Å². The van der Waals surface area contributed by atoms with Crippen molar-refractivity contribution in [2.24, 2.45) is 0 Å². The van der Waals surface area contributed by atoms with E-state index in [4.69, 9.17) is 0 Å². The fourth-order valence-electron chi connectivity index (χ4n) is 3.08. The van der Waals surface area contributed by atoms with Crippen LogP contribution < -0.4 is 21.5 Å². The summed E-state index contributed by atoms with van der Waals surface area (Å²) in [6.45, 7) is 0.528. The molecule has 0 fully saturated rings. The lowest BCUT2D eigenvalue weighted by Gasteiger charge is -2.31. The van der Waals surface area contributed by atoms with Gasteiger partial charge in [-0.15, -0.1) is 0 Å². The number of hydrogen-bond acceptors (Lipinski definition) is 4. The summed E-state index contributed by atoms with van der Waals surface area (Å²) in [5, 5.41) is 2.83. The Hall–Kier alpha value is -3.16. The summed E-state index contributed by atoms with van der Waals surface area (Å²) in [4.78, 5) is 50.6. The van der Waals surface area contributed by atoms with E-state index in [2.05, 4.69) is 10.3 Å². The van der Waals surface area contributed by atoms with Gasteiger partial charge >= 0.3 is 5.69 Å². The number of hydrogen-bond donors (Lipinski definition) is 2. The molecule has 2 N–H and O–H groups in total. The molecule has 0 bridgehead atoms. The van der Waals surface area contributed by atoms with Gasteiger partial charge < -0.3 is 14.8 Å². The van der Waals surface area contributed by atoms with Crippen LogP contribution in [0.3, 0.4) is 0 Å². The van der Waals surface area contributed by atoms with Crippen molar-refractivity contribution >= 4 is 17.5 Å². The molecule has 2 amide bonds. The number of benzene rings is 1. The third-order valence-corrected chi connectivity index (χ3v) is 4.56. The molecular weight excluding hydrogens is 336 g/mol. The normalized spacial score (nSPS) is 16.3. The number of rotatable bonds is 5. The number of carbonyl (C=O) groups excluding carboxylic acids is 2. The molecule has 1 unspecified atom stereocenters. The van der Waals surface area contributed by atoms with Crippen molar-refractivity contribution in [3.63, 3.8) is 0 Å². The van der Waals surface area contributed by atoms with Gasteiger partial charge in [0, 0.05) is 56.8 Å². The first-order valence-electron chi connectivity index (χ1n) is 8.37. The summed E-state index contributed by atoms with van der Waals surface area (Å²) < 4.78 is 1.27. The van der Waals surface area contributed by atoms with E-state index in [0.29, 0.717) is 13.0 Å². The Balaban J connectivity index is 1.59. The van der Waals surface area contributed by atoms with Crippen LogP contribution in [0.4, 0.5) is 5.69 Å². The van der Waals surface area contributed by atoms with Crippen LogP contribution in [-0.4, -0.2) is 35.0 Å². The van der Waals surface area contributed by atoms with E-state index in [0.717, 1.165) is 11.3 Å². The molecule has 0 saturated carbocycles. The zero-order valence-corrected chi connectivity index (χ0v) is 14.4. The Labute approximate surface area is 149 Å². The summed E-state index contributed by atoms with van der Waals surface area (Å²) in [7, 11) is 1.75. The number of fused-ring (bicyclic) bond motifs is 1. The fourth-order valence-corrected chi connectivity index (χ4v) is 3.08. The van der Waals surface area contributed by atoms with Crippen molar-refractivity contribution in [3.05, 3.63) is 62.9 Å². The van der Waals surface area contributed by atoms with Crippen molar-refractivity contribution in [1.82, 2.24) is 14.9 Å². The van der Waals surface area contributed by atoms with E-state index in [1.165, 1.54) is 16.8 Å². The number of aryl methyl sites for hydroxylation is 1. The van der Waals surface area contributed by atoms with E-state index in [1.54, 1.807) is 11.9 Å². The van der Waals surface area contributed by atoms with E-state index in [-0.39, 0.29) is 30.7 Å². The average Bonchev–Trinajstić information content (AvgIpc) is 2.63. The number of aromatic nitrogens is 2. The predicted molar refractivity (Wildman–Crippen MR) is 96.2 cm³/mol. The van der Waals surface area contributed by atoms with Crippen LogP contribution in [0.25, 0.3) is 0 Å². The second-order valence-corrected chi connectivity index (χ2v) is 6.27. The molecule has 1 aliphatic rings. The number of nitrogens with one attached hydrogen (secondary N) is 2. The molecule has 0 radical (unpaired) electrons. The number of aromatic amines is 1. The van der Waals surface area contributed by atoms with Crippen LogP contribution in [0.5, 0.6) is 0 Å². The van der Waals surface area contributed by atoms with Gasteiger partial charge in [-0.3, -0.25) is 19.4 Å². The molecule has 1 aromatic carbocycles. The highest BCUT2D eigenvalue weighted by atomic mass is 16.2. The Kier molecular flexibility index (Phi) is 5.01. The highest BCUT2D eigenvalue weighted by Crippen LogP contribution is 2.34. The van der Waals surface area contributed by atoms with Crippen LogP contribution in [0.2, 0.25) is 0 Å². The Morgan fingerprint density at radius 3 is 2.77 bits per heavy atom. The quantitative estimate of drug-likeness (QED) is 0.798. The van der Waals surface area contributed by atoms with Crippen LogP contribution in [0, 0.1) is 0 Å². The van der Waals surface area contributed by atoms with Crippen molar-refractivity contribution in [3.8, 4) is 0 Å². The lowest BCUT2D eigenvalue weighted by atomic mass is 9.89. The van der Waals surface area contributed by atoms with Crippen LogP contribution in [-0.2, 0) is 16.1 Å². The largest absolute Gasteiger partial charge is 0.355 e. The number of nitrogens with zero attached hydrogens (tertiary/aromatic N) is 2. The molecule has 1 atom stereocenters. The highest BCUT2D eigenvalue weighted by Gasteiger charge is 2.28. The summed E-state index contributed by atoms with van der Waals surface area (Å²) >= 11 is 0. The van der Waals surface area contributed by atoms with Crippen molar-refractivity contribution in [2.45, 2.75) is 25.3 Å². The zero-order valence-electron chi connectivity index (χ0n) is 14.4. The van der Waals surface area contributed by atoms with Gasteiger partial charge in [0.2, 0.25) is 11.8 Å². The van der Waals surface area contributed by atoms with Crippen molar-refractivity contribution in [2.75, 3.05) is 18.5 Å². The molecule has 2 heterocycles. The molecule has 1 aliphatic heterocycles. The van der Waals surface area contributed by atoms with Gasteiger partial charge in [-0.2, -0.15) is 0 Å². The number of carbonyl (C=O) groups is 2. The monoisotopic (exact) mass is 356 g/mol. The Bertz CT molecular complexity index is 946. The lowest BCUT2D eigenvalue weighted by molar-refractivity contribution is -0.122. The summed E-state index contributed by atoms with van der Waals surface area (Å²) in [6.07, 6.45) is 1.81. The first-order valence-corrected chi connectivity index (χ1v) is 8.37. The van der Waals surface area contributed by atoms with Gasteiger partial charge in [0.15, 0.2) is 0 Å². The molecular formula is C18H20N4O4. The van der Waals surface area contributed by atoms with Crippen molar-refractivity contribution in [1.29, 1.82) is 0 Å². The van der Waals surface area contributed by atoms with Crippen LogP contribution in [0.1, 0.15) is 24.3 Å². The average molecular weight is 356 g/mol. The van der Waals surface area contributed by atoms with Crippen LogP contribution in [0.15, 0.2) is 46.1 Å². The van der Waals surface area contributed by atoms with E-state index in [9.17, 15) is 19.2 Å². The van der Waals surface area contributed by atoms with Gasteiger partial charge in [-0.25, -0.2) is 4.79 Å². The molecule has 26 heavy (non-hydrogen) atoms. The summed E-state index contributed by atoms with van der Waals surface area (Å²) in [5.74, 6) is -0.274. The predicted octanol–water partition coefficient (Wildman–Crippen LogP) is 0.193. The number of H-pyrrole nitrogens is 1. The molecule has 3 rings (SSSR count). The highest BCUT2D eigenvalue weighted by molar-refractivity contribution is 5.96. The van der Waals surface area contributed by atoms with Crippen molar-refractivity contribution < 1.29 is 9.59 Å². The maximum Gasteiger partial charge on any atom is 0.328 e. The second kappa shape index (κ2) is 7.38. The molecule has 136 valence electrons. The van der Waals surface area contributed by atoms with Crippen LogP contribution >= 0.6 is 0 Å². The molecule has 0 spiro atoms. The summed E-state index contributed by atoms with van der Waals surface area (Å²) in [6, 6.07) is 8.89. The third-order valence-electron chi connectivity index (χ3n) is 4.56. The van der Waals surface area contributed by atoms with Gasteiger partial charge in [-0.05, 0) is 11.6 Å². The second-order valence-electron chi connectivity index (χ2n) is 6.27. The minimum Gasteiger partial charge on any atom is -0.355 e.